The fourth-order valence-corrected chi connectivity index (χ4v) is 3.71. The summed E-state index contributed by atoms with van der Waals surface area (Å²) in [7, 11) is 0. The Bertz CT molecular complexity index is 1060. The highest BCUT2D eigenvalue weighted by Gasteiger charge is 2.61. The Balaban J connectivity index is 1.63. The molecule has 1 saturated carbocycles. The minimum absolute atomic E-state index is 0.122. The van der Waals surface area contributed by atoms with Crippen LogP contribution in [0.1, 0.15) is 25.5 Å². The summed E-state index contributed by atoms with van der Waals surface area (Å²) in [6, 6.07) is 18.1. The van der Waals surface area contributed by atoms with Crippen LogP contribution in [0.4, 0.5) is 0 Å². The summed E-state index contributed by atoms with van der Waals surface area (Å²) in [6.07, 6.45) is 1.77. The fraction of sp³-hybridized carbons (Fsp3) is 0.320. The van der Waals surface area contributed by atoms with Crippen LogP contribution in [-0.4, -0.2) is 23.4 Å². The van der Waals surface area contributed by atoms with Gasteiger partial charge in [-0.1, -0.05) is 50.3 Å². The molecule has 0 spiro atoms. The quantitative estimate of drug-likeness (QED) is 0.253. The SMILES string of the molecule is CC1(C)[C@H](C(=O)O[C@H](C#N)c2cccc(Oc3ccccc3)c2)[C@@H]1C=CC(=O)OCC(Cl)Cl. The third-order valence-electron chi connectivity index (χ3n) is 5.45. The normalized spacial score (nSPS) is 19.5. The molecule has 3 rings (SSSR count). The van der Waals surface area contributed by atoms with Crippen LogP contribution < -0.4 is 4.74 Å². The van der Waals surface area contributed by atoms with Crippen LogP contribution in [0.5, 0.6) is 11.5 Å². The first-order chi connectivity index (χ1) is 15.7. The van der Waals surface area contributed by atoms with Crippen molar-refractivity contribution in [3.63, 3.8) is 0 Å². The monoisotopic (exact) mass is 487 g/mol. The maximum Gasteiger partial charge on any atom is 0.330 e. The fourth-order valence-electron chi connectivity index (χ4n) is 3.59. The van der Waals surface area contributed by atoms with Gasteiger partial charge in [0.1, 0.15) is 29.0 Å². The third kappa shape index (κ3) is 6.50. The number of para-hydroxylation sites is 1. The van der Waals surface area contributed by atoms with Gasteiger partial charge in [-0.3, -0.25) is 4.79 Å². The molecule has 6 nitrogen and oxygen atoms in total. The van der Waals surface area contributed by atoms with E-state index in [0.717, 1.165) is 0 Å². The van der Waals surface area contributed by atoms with E-state index in [1.165, 1.54) is 6.08 Å². The topological polar surface area (TPSA) is 85.6 Å². The Morgan fingerprint density at radius 2 is 1.82 bits per heavy atom. The van der Waals surface area contributed by atoms with Crippen LogP contribution in [0, 0.1) is 28.6 Å². The van der Waals surface area contributed by atoms with Crippen LogP contribution in [0.15, 0.2) is 66.7 Å². The lowest BCUT2D eigenvalue weighted by atomic mass is 10.1. The number of hydrogen-bond acceptors (Lipinski definition) is 6. The van der Waals surface area contributed by atoms with E-state index >= 15 is 0 Å². The van der Waals surface area contributed by atoms with Crippen molar-refractivity contribution in [2.24, 2.45) is 17.3 Å². The molecule has 0 radical (unpaired) electrons. The van der Waals surface area contributed by atoms with Crippen LogP contribution in [0.25, 0.3) is 0 Å². The van der Waals surface area contributed by atoms with Crippen molar-refractivity contribution < 1.29 is 23.8 Å². The highest BCUT2D eigenvalue weighted by atomic mass is 35.5. The van der Waals surface area contributed by atoms with E-state index in [1.54, 1.807) is 30.3 Å². The standard InChI is InChI=1S/C25H23Cl2NO5/c1-25(2)19(11-12-22(29)31-15-21(26)27)23(25)24(30)33-20(14-28)16-7-6-10-18(13-16)32-17-8-4-3-5-9-17/h3-13,19-21,23H,15H2,1-2H3/t19-,20+,23-/m0/s1. The number of esters is 2. The molecule has 0 saturated heterocycles. The van der Waals surface area contributed by atoms with Crippen molar-refractivity contribution in [1.29, 1.82) is 5.26 Å². The minimum Gasteiger partial charge on any atom is -0.460 e. The molecule has 0 unspecified atom stereocenters. The van der Waals surface area contributed by atoms with Crippen molar-refractivity contribution in [2.75, 3.05) is 6.61 Å². The molecule has 2 aromatic rings. The Labute approximate surface area is 202 Å². The largest absolute Gasteiger partial charge is 0.460 e. The lowest BCUT2D eigenvalue weighted by Gasteiger charge is -2.13. The highest BCUT2D eigenvalue weighted by molar-refractivity contribution is 6.44. The van der Waals surface area contributed by atoms with Gasteiger partial charge in [0.2, 0.25) is 6.10 Å². The van der Waals surface area contributed by atoms with Crippen LogP contribution in [-0.2, 0) is 19.1 Å². The second kappa shape index (κ2) is 10.7. The van der Waals surface area contributed by atoms with E-state index in [9.17, 15) is 14.9 Å². The summed E-state index contributed by atoms with van der Waals surface area (Å²) in [5.74, 6) is -0.646. The molecule has 1 fully saturated rings. The number of alkyl halides is 2. The average Bonchev–Trinajstić information content (AvgIpc) is 3.35. The maximum absolute atomic E-state index is 12.8. The first-order valence-electron chi connectivity index (χ1n) is 10.3. The number of benzene rings is 2. The summed E-state index contributed by atoms with van der Waals surface area (Å²) in [4.78, 5) is 23.8. The summed E-state index contributed by atoms with van der Waals surface area (Å²) in [5.41, 5.74) is 0.0818. The van der Waals surface area contributed by atoms with E-state index < -0.39 is 34.2 Å². The zero-order valence-corrected chi connectivity index (χ0v) is 19.6. The van der Waals surface area contributed by atoms with E-state index in [-0.39, 0.29) is 12.5 Å². The number of halogens is 2. The van der Waals surface area contributed by atoms with E-state index in [2.05, 4.69) is 0 Å². The molecular weight excluding hydrogens is 465 g/mol. The van der Waals surface area contributed by atoms with Crippen LogP contribution in [0.2, 0.25) is 0 Å². The highest BCUT2D eigenvalue weighted by Crippen LogP contribution is 2.59. The minimum atomic E-state index is -1.09. The number of allylic oxidation sites excluding steroid dienone is 1. The second-order valence-corrected chi connectivity index (χ2v) is 9.42. The molecule has 0 heterocycles. The Morgan fingerprint density at radius 1 is 1.12 bits per heavy atom. The number of nitrogens with zero attached hydrogens (tertiary/aromatic N) is 1. The Hall–Kier alpha value is -3.01. The molecule has 33 heavy (non-hydrogen) atoms. The predicted molar refractivity (Wildman–Crippen MR) is 124 cm³/mol. The van der Waals surface area contributed by atoms with Gasteiger partial charge in [-0.05, 0) is 35.6 Å². The molecule has 0 aromatic heterocycles. The van der Waals surface area contributed by atoms with Gasteiger partial charge in [0, 0.05) is 11.6 Å². The van der Waals surface area contributed by atoms with Gasteiger partial charge < -0.3 is 14.2 Å². The maximum atomic E-state index is 12.8. The predicted octanol–water partition coefficient (Wildman–Crippen LogP) is 5.76. The lowest BCUT2D eigenvalue weighted by molar-refractivity contribution is -0.149. The van der Waals surface area contributed by atoms with Crippen molar-refractivity contribution >= 4 is 35.1 Å². The van der Waals surface area contributed by atoms with E-state index in [0.29, 0.717) is 17.1 Å². The lowest BCUT2D eigenvalue weighted by Crippen LogP contribution is -2.14. The molecule has 0 amide bonds. The second-order valence-electron chi connectivity index (χ2n) is 8.14. The van der Waals surface area contributed by atoms with E-state index in [4.69, 9.17) is 37.4 Å². The Morgan fingerprint density at radius 3 is 2.48 bits per heavy atom. The average molecular weight is 488 g/mol. The smallest absolute Gasteiger partial charge is 0.330 e. The molecule has 0 N–H and O–H groups in total. The van der Waals surface area contributed by atoms with Gasteiger partial charge >= 0.3 is 11.9 Å². The summed E-state index contributed by atoms with van der Waals surface area (Å²) in [6.45, 7) is 3.66. The number of ether oxygens (including phenoxy) is 3. The van der Waals surface area contributed by atoms with Crippen molar-refractivity contribution in [3.8, 4) is 17.6 Å². The molecule has 1 aliphatic carbocycles. The van der Waals surface area contributed by atoms with Crippen LogP contribution >= 0.6 is 23.2 Å². The number of hydrogen-bond donors (Lipinski definition) is 0. The zero-order valence-electron chi connectivity index (χ0n) is 18.1. The molecule has 1 aliphatic rings. The summed E-state index contributed by atoms with van der Waals surface area (Å²) in [5, 5.41) is 9.62. The van der Waals surface area contributed by atoms with Crippen molar-refractivity contribution in [3.05, 3.63) is 72.3 Å². The Kier molecular flexibility index (Phi) is 8.01. The summed E-state index contributed by atoms with van der Waals surface area (Å²) >= 11 is 11.1. The molecule has 0 aliphatic heterocycles. The number of carbonyl (C=O) groups excluding carboxylic acids is 2. The number of rotatable bonds is 9. The molecule has 0 bridgehead atoms. The third-order valence-corrected chi connectivity index (χ3v) is 5.70. The van der Waals surface area contributed by atoms with Gasteiger partial charge in [0.15, 0.2) is 0 Å². The van der Waals surface area contributed by atoms with Gasteiger partial charge in [0.25, 0.3) is 0 Å². The van der Waals surface area contributed by atoms with E-state index in [1.807, 2.05) is 50.2 Å². The summed E-state index contributed by atoms with van der Waals surface area (Å²) < 4.78 is 16.2. The van der Waals surface area contributed by atoms with Gasteiger partial charge in [-0.15, -0.1) is 23.2 Å². The van der Waals surface area contributed by atoms with Gasteiger partial charge in [0.05, 0.1) is 5.92 Å². The molecule has 172 valence electrons. The van der Waals surface area contributed by atoms with Crippen molar-refractivity contribution in [2.45, 2.75) is 24.8 Å². The zero-order chi connectivity index (χ0) is 24.0. The van der Waals surface area contributed by atoms with Crippen LogP contribution in [0.3, 0.4) is 0 Å². The van der Waals surface area contributed by atoms with Gasteiger partial charge in [-0.25, -0.2) is 4.79 Å². The first kappa shape index (κ1) is 24.6. The first-order valence-corrected chi connectivity index (χ1v) is 11.2. The molecule has 8 heteroatoms. The molecular formula is C25H23Cl2NO5. The van der Waals surface area contributed by atoms with Crippen molar-refractivity contribution in [1.82, 2.24) is 0 Å². The number of nitriles is 1. The molecule has 3 atom stereocenters. The van der Waals surface area contributed by atoms with Gasteiger partial charge in [-0.2, -0.15) is 5.26 Å². The number of carbonyl (C=O) groups is 2. The molecule has 2 aromatic carbocycles.